The molecule has 1 fully saturated rings. The highest BCUT2D eigenvalue weighted by Crippen LogP contribution is 2.32. The Morgan fingerprint density at radius 3 is 3.14 bits per heavy atom. The number of anilines is 1. The number of aryl methyl sites for hydroxylation is 1. The number of hydrogen-bond acceptors (Lipinski definition) is 7. The third-order valence-electron chi connectivity index (χ3n) is 3.48. The van der Waals surface area contributed by atoms with E-state index in [1.165, 1.54) is 6.33 Å². The number of aromatic amines is 1. The average Bonchev–Trinajstić information content (AvgIpc) is 3.15. The van der Waals surface area contributed by atoms with Crippen LogP contribution < -0.4 is 10.1 Å². The molecule has 0 aliphatic carbocycles. The number of aromatic nitrogens is 5. The van der Waals surface area contributed by atoms with Crippen LogP contribution >= 0.6 is 0 Å². The van der Waals surface area contributed by atoms with Crippen molar-refractivity contribution >= 4 is 5.95 Å². The van der Waals surface area contributed by atoms with Gasteiger partial charge in [0.15, 0.2) is 5.82 Å². The van der Waals surface area contributed by atoms with E-state index in [-0.39, 0.29) is 6.10 Å². The van der Waals surface area contributed by atoms with Gasteiger partial charge in [0, 0.05) is 30.8 Å². The Labute approximate surface area is 122 Å². The monoisotopic (exact) mass is 290 g/mol. The van der Waals surface area contributed by atoms with E-state index in [0.29, 0.717) is 24.3 Å². The lowest BCUT2D eigenvalue weighted by atomic mass is 10.0. The average molecular weight is 290 g/mol. The molecule has 0 unspecified atom stereocenters. The molecule has 0 amide bonds. The first-order valence-electron chi connectivity index (χ1n) is 6.86. The first kappa shape index (κ1) is 13.7. The number of hydrogen-bond donors (Lipinski definition) is 2. The van der Waals surface area contributed by atoms with E-state index < -0.39 is 0 Å². The molecule has 1 aliphatic rings. The van der Waals surface area contributed by atoms with Crippen molar-refractivity contribution in [3.05, 3.63) is 23.9 Å². The second kappa shape index (κ2) is 6.04. The summed E-state index contributed by atoms with van der Waals surface area (Å²) in [4.78, 5) is 12.8. The van der Waals surface area contributed by atoms with E-state index >= 15 is 0 Å². The van der Waals surface area contributed by atoms with Crippen LogP contribution in [-0.2, 0) is 4.74 Å². The summed E-state index contributed by atoms with van der Waals surface area (Å²) in [6.07, 6.45) is 2.39. The summed E-state index contributed by atoms with van der Waals surface area (Å²) < 4.78 is 10.9. The van der Waals surface area contributed by atoms with Crippen LogP contribution in [0, 0.1) is 12.8 Å². The molecule has 1 aliphatic heterocycles. The first-order chi connectivity index (χ1) is 10.3. The molecular weight excluding hydrogens is 272 g/mol. The van der Waals surface area contributed by atoms with Gasteiger partial charge >= 0.3 is 0 Å². The molecule has 21 heavy (non-hydrogen) atoms. The van der Waals surface area contributed by atoms with Gasteiger partial charge in [0.2, 0.25) is 11.8 Å². The van der Waals surface area contributed by atoms with Crippen LogP contribution in [0.3, 0.4) is 0 Å². The molecule has 0 bridgehead atoms. The van der Waals surface area contributed by atoms with E-state index in [4.69, 9.17) is 9.47 Å². The molecular formula is C13H18N6O2. The minimum Gasteiger partial charge on any atom is -0.481 e. The van der Waals surface area contributed by atoms with Crippen LogP contribution in [0.1, 0.15) is 24.0 Å². The second-order valence-electron chi connectivity index (χ2n) is 4.97. The molecule has 8 nitrogen and oxygen atoms in total. The summed E-state index contributed by atoms with van der Waals surface area (Å²) in [7, 11) is 1.59. The lowest BCUT2D eigenvalue weighted by molar-refractivity contribution is 0.0864. The van der Waals surface area contributed by atoms with Crippen LogP contribution in [-0.4, -0.2) is 45.4 Å². The molecule has 0 spiro atoms. The fourth-order valence-electron chi connectivity index (χ4n) is 2.44. The van der Waals surface area contributed by atoms with Crippen LogP contribution in [0.25, 0.3) is 0 Å². The van der Waals surface area contributed by atoms with Crippen LogP contribution in [0.15, 0.2) is 12.4 Å². The van der Waals surface area contributed by atoms with Crippen LogP contribution in [0.4, 0.5) is 5.95 Å². The van der Waals surface area contributed by atoms with Gasteiger partial charge in [-0.15, -0.1) is 0 Å². The van der Waals surface area contributed by atoms with Crippen molar-refractivity contribution in [3.63, 3.8) is 0 Å². The number of ether oxygens (including phenoxy) is 2. The molecule has 2 aromatic heterocycles. The minimum absolute atomic E-state index is 0.0632. The maximum Gasteiger partial charge on any atom is 0.226 e. The molecule has 1 saturated heterocycles. The molecule has 0 radical (unpaired) electrons. The maximum atomic E-state index is 5.73. The largest absolute Gasteiger partial charge is 0.481 e. The van der Waals surface area contributed by atoms with Gasteiger partial charge in [0.05, 0.1) is 7.11 Å². The van der Waals surface area contributed by atoms with Gasteiger partial charge in [0.1, 0.15) is 12.4 Å². The van der Waals surface area contributed by atoms with E-state index in [1.54, 1.807) is 13.2 Å². The highest BCUT2D eigenvalue weighted by atomic mass is 16.5. The smallest absolute Gasteiger partial charge is 0.226 e. The van der Waals surface area contributed by atoms with Crippen LogP contribution in [0.2, 0.25) is 0 Å². The second-order valence-corrected chi connectivity index (χ2v) is 4.97. The molecule has 2 atom stereocenters. The van der Waals surface area contributed by atoms with E-state index in [9.17, 15) is 0 Å². The summed E-state index contributed by atoms with van der Waals surface area (Å²) in [5, 5.41) is 10.00. The Kier molecular flexibility index (Phi) is 3.96. The van der Waals surface area contributed by atoms with Crippen molar-refractivity contribution in [2.45, 2.75) is 19.4 Å². The van der Waals surface area contributed by atoms with Crippen molar-refractivity contribution in [2.24, 2.45) is 5.92 Å². The van der Waals surface area contributed by atoms with Gasteiger partial charge < -0.3 is 14.8 Å². The van der Waals surface area contributed by atoms with E-state index in [0.717, 1.165) is 24.5 Å². The van der Waals surface area contributed by atoms with Gasteiger partial charge in [0.25, 0.3) is 0 Å². The number of H-pyrrole nitrogens is 1. The lowest BCUT2D eigenvalue weighted by Gasteiger charge is -2.17. The van der Waals surface area contributed by atoms with Crippen molar-refractivity contribution < 1.29 is 9.47 Å². The summed E-state index contributed by atoms with van der Waals surface area (Å²) >= 11 is 0. The molecule has 0 aromatic carbocycles. The normalized spacial score (nSPS) is 21.4. The molecule has 3 heterocycles. The zero-order chi connectivity index (χ0) is 14.7. The highest BCUT2D eigenvalue weighted by molar-refractivity contribution is 5.30. The molecule has 3 rings (SSSR count). The Balaban J connectivity index is 1.65. The fraction of sp³-hybridized carbons (Fsp3) is 0.538. The maximum absolute atomic E-state index is 5.73. The van der Waals surface area contributed by atoms with Gasteiger partial charge in [-0.05, 0) is 13.3 Å². The Morgan fingerprint density at radius 1 is 1.48 bits per heavy atom. The van der Waals surface area contributed by atoms with Gasteiger partial charge in [-0.3, -0.25) is 5.10 Å². The number of nitrogens with zero attached hydrogens (tertiary/aromatic N) is 4. The van der Waals surface area contributed by atoms with E-state index in [2.05, 4.69) is 30.5 Å². The Morgan fingerprint density at radius 2 is 2.38 bits per heavy atom. The minimum atomic E-state index is -0.0632. The predicted molar refractivity (Wildman–Crippen MR) is 75.0 cm³/mol. The standard InChI is InChI=1S/C13H18N6O2/c1-8-5-10(20-2)18-13(17-8)14-6-9-3-4-21-11(9)12-15-7-16-19-12/h5,7,9,11H,3-4,6H2,1-2H3,(H,14,17,18)(H,15,16,19)/t9-,11-/m0/s1. The third-order valence-corrected chi connectivity index (χ3v) is 3.48. The van der Waals surface area contributed by atoms with Gasteiger partial charge in [-0.25, -0.2) is 9.97 Å². The number of rotatable bonds is 5. The zero-order valence-electron chi connectivity index (χ0n) is 12.0. The predicted octanol–water partition coefficient (Wildman–Crippen LogP) is 1.10. The lowest BCUT2D eigenvalue weighted by Crippen LogP contribution is -2.20. The van der Waals surface area contributed by atoms with Crippen LogP contribution in [0.5, 0.6) is 5.88 Å². The Bertz CT molecular complexity index is 588. The molecule has 2 aromatic rings. The summed E-state index contributed by atoms with van der Waals surface area (Å²) in [6, 6.07) is 1.79. The number of nitrogens with one attached hydrogen (secondary N) is 2. The third kappa shape index (κ3) is 3.10. The number of methoxy groups -OCH3 is 1. The molecule has 2 N–H and O–H groups in total. The molecule has 8 heteroatoms. The summed E-state index contributed by atoms with van der Waals surface area (Å²) in [5.41, 5.74) is 0.860. The quantitative estimate of drug-likeness (QED) is 0.850. The summed E-state index contributed by atoms with van der Waals surface area (Å²) in [5.74, 6) is 2.18. The molecule has 0 saturated carbocycles. The van der Waals surface area contributed by atoms with Crippen molar-refractivity contribution in [1.29, 1.82) is 0 Å². The fourth-order valence-corrected chi connectivity index (χ4v) is 2.44. The van der Waals surface area contributed by atoms with Gasteiger partial charge in [-0.2, -0.15) is 10.1 Å². The highest BCUT2D eigenvalue weighted by Gasteiger charge is 2.31. The SMILES string of the molecule is COc1cc(C)nc(NC[C@@H]2CCO[C@@H]2c2ncn[nH]2)n1. The van der Waals surface area contributed by atoms with E-state index in [1.807, 2.05) is 6.92 Å². The van der Waals surface area contributed by atoms with Gasteiger partial charge in [-0.1, -0.05) is 0 Å². The topological polar surface area (TPSA) is 97.8 Å². The van der Waals surface area contributed by atoms with Crippen molar-refractivity contribution in [3.8, 4) is 5.88 Å². The first-order valence-corrected chi connectivity index (χ1v) is 6.86. The zero-order valence-corrected chi connectivity index (χ0v) is 12.0. The summed E-state index contributed by atoms with van der Waals surface area (Å²) in [6.45, 7) is 3.33. The van der Waals surface area contributed by atoms with Crippen molar-refractivity contribution in [1.82, 2.24) is 25.1 Å². The van der Waals surface area contributed by atoms with Crippen molar-refractivity contribution in [2.75, 3.05) is 25.6 Å². The molecule has 112 valence electrons. The Hall–Kier alpha value is -2.22.